The van der Waals surface area contributed by atoms with Gasteiger partial charge in [-0.1, -0.05) is 12.8 Å². The van der Waals surface area contributed by atoms with Crippen molar-refractivity contribution in [2.24, 2.45) is 0 Å². The zero-order valence-corrected chi connectivity index (χ0v) is 22.7. The first-order valence-corrected chi connectivity index (χ1v) is 13.4. The van der Waals surface area contributed by atoms with Crippen molar-refractivity contribution >= 4 is 35.1 Å². The number of carbonyl (C=O) groups is 2. The third-order valence-corrected chi connectivity index (χ3v) is 7.75. The van der Waals surface area contributed by atoms with E-state index in [1.807, 2.05) is 5.01 Å². The molecular weight excluding hydrogens is 498 g/mol. The van der Waals surface area contributed by atoms with Gasteiger partial charge < -0.3 is 20.3 Å². The average Bonchev–Trinajstić information content (AvgIpc) is 3.48. The van der Waals surface area contributed by atoms with Crippen LogP contribution >= 0.6 is 0 Å². The molecule has 3 aliphatic rings. The molecule has 0 spiro atoms. The van der Waals surface area contributed by atoms with Crippen LogP contribution in [-0.2, 0) is 0 Å². The number of fused-ring (bicyclic) bond motifs is 1. The van der Waals surface area contributed by atoms with Gasteiger partial charge in [-0.25, -0.2) is 14.8 Å². The number of carbonyl (C=O) groups excluding carboxylic acids is 2. The molecule has 5 rings (SSSR count). The Morgan fingerprint density at radius 1 is 1.18 bits per heavy atom. The SMILES string of the molecule is COc1cc(C(=O)NC2CCN(C)CC2)ccc1Nc1ncc2c(n1)N(C1CCCC1)N(CC#N)C(=O)N2C. The fourth-order valence-electron chi connectivity index (χ4n) is 5.52. The summed E-state index contributed by atoms with van der Waals surface area (Å²) in [7, 11) is 5.30. The number of ether oxygens (including phenoxy) is 1. The van der Waals surface area contributed by atoms with Crippen molar-refractivity contribution in [3.63, 3.8) is 0 Å². The second-order valence-corrected chi connectivity index (χ2v) is 10.3. The summed E-state index contributed by atoms with van der Waals surface area (Å²) in [5.41, 5.74) is 1.71. The highest BCUT2D eigenvalue weighted by atomic mass is 16.5. The van der Waals surface area contributed by atoms with Gasteiger partial charge in [-0.3, -0.25) is 14.7 Å². The Kier molecular flexibility index (Phi) is 7.70. The fraction of sp³-hybridized carbons (Fsp3) is 0.519. The molecule has 12 heteroatoms. The molecule has 1 saturated heterocycles. The van der Waals surface area contributed by atoms with Crippen LogP contribution in [0.3, 0.4) is 0 Å². The van der Waals surface area contributed by atoms with Crippen molar-refractivity contribution in [3.05, 3.63) is 30.0 Å². The molecule has 3 amide bonds. The van der Waals surface area contributed by atoms with Crippen LogP contribution in [0.1, 0.15) is 48.9 Å². The van der Waals surface area contributed by atoms with Gasteiger partial charge in [0.15, 0.2) is 5.82 Å². The number of methoxy groups -OCH3 is 1. The third kappa shape index (κ3) is 5.40. The highest BCUT2D eigenvalue weighted by Gasteiger charge is 2.40. The third-order valence-electron chi connectivity index (χ3n) is 7.75. The predicted octanol–water partition coefficient (Wildman–Crippen LogP) is 3.11. The number of anilines is 4. The maximum absolute atomic E-state index is 13.1. The van der Waals surface area contributed by atoms with E-state index in [1.54, 1.807) is 38.6 Å². The van der Waals surface area contributed by atoms with Crippen LogP contribution < -0.4 is 25.3 Å². The minimum Gasteiger partial charge on any atom is -0.495 e. The largest absolute Gasteiger partial charge is 0.495 e. The summed E-state index contributed by atoms with van der Waals surface area (Å²) in [5, 5.41) is 19.1. The monoisotopic (exact) mass is 533 g/mol. The summed E-state index contributed by atoms with van der Waals surface area (Å²) in [6.45, 7) is 1.86. The topological polar surface area (TPSA) is 130 Å². The molecule has 2 aliphatic heterocycles. The lowest BCUT2D eigenvalue weighted by Crippen LogP contribution is -2.59. The van der Waals surface area contributed by atoms with Gasteiger partial charge in [-0.05, 0) is 64.0 Å². The quantitative estimate of drug-likeness (QED) is 0.516. The van der Waals surface area contributed by atoms with E-state index in [1.165, 1.54) is 9.91 Å². The first kappa shape index (κ1) is 26.5. The molecule has 12 nitrogen and oxygen atoms in total. The number of likely N-dealkylation sites (tertiary alicyclic amines) is 1. The van der Waals surface area contributed by atoms with E-state index in [0.29, 0.717) is 34.5 Å². The van der Waals surface area contributed by atoms with Gasteiger partial charge in [-0.15, -0.1) is 0 Å². The van der Waals surface area contributed by atoms with Crippen LogP contribution in [0.25, 0.3) is 0 Å². The van der Waals surface area contributed by atoms with Crippen molar-refractivity contribution in [1.82, 2.24) is 25.2 Å². The van der Waals surface area contributed by atoms with Gasteiger partial charge >= 0.3 is 6.03 Å². The Morgan fingerprint density at radius 2 is 1.92 bits per heavy atom. The molecule has 1 aromatic heterocycles. The van der Waals surface area contributed by atoms with Crippen molar-refractivity contribution < 1.29 is 14.3 Å². The lowest BCUT2D eigenvalue weighted by atomic mass is 10.0. The number of amides is 3. The molecular formula is C27H35N9O3. The summed E-state index contributed by atoms with van der Waals surface area (Å²) in [4.78, 5) is 39.0. The molecule has 1 aromatic carbocycles. The second kappa shape index (κ2) is 11.3. The van der Waals surface area contributed by atoms with E-state index in [4.69, 9.17) is 9.72 Å². The van der Waals surface area contributed by atoms with Crippen LogP contribution in [-0.4, -0.2) is 84.7 Å². The average molecular weight is 534 g/mol. The van der Waals surface area contributed by atoms with E-state index in [9.17, 15) is 14.9 Å². The van der Waals surface area contributed by atoms with Crippen LogP contribution in [0, 0.1) is 11.3 Å². The first-order chi connectivity index (χ1) is 18.9. The highest BCUT2D eigenvalue weighted by molar-refractivity contribution is 5.99. The molecule has 0 bridgehead atoms. The number of benzene rings is 1. The standard InChI is InChI=1S/C27H35N9O3/c1-33-13-10-19(11-14-33)30-25(37)18-8-9-21(23(16-18)39-3)31-26-29-17-22-24(32-26)36(20-6-4-5-7-20)35(15-12-28)27(38)34(22)2/h8-9,16-17,19-20H,4-7,10-11,13-15H2,1-3H3,(H,30,37)(H,29,31,32). The van der Waals surface area contributed by atoms with Gasteiger partial charge in [0, 0.05) is 18.7 Å². The lowest BCUT2D eigenvalue weighted by Gasteiger charge is -2.45. The number of hydrazine groups is 1. The fourth-order valence-corrected chi connectivity index (χ4v) is 5.52. The number of nitrogens with zero attached hydrogens (tertiary/aromatic N) is 7. The van der Waals surface area contributed by atoms with Gasteiger partial charge in [0.1, 0.15) is 18.0 Å². The molecule has 1 saturated carbocycles. The summed E-state index contributed by atoms with van der Waals surface area (Å²) in [6, 6.07) is 7.30. The molecule has 206 valence electrons. The van der Waals surface area contributed by atoms with Gasteiger partial charge in [0.25, 0.3) is 5.91 Å². The normalized spacial score (nSPS) is 18.6. The number of piperidine rings is 1. The number of rotatable bonds is 7. The van der Waals surface area contributed by atoms with Crippen LogP contribution in [0.4, 0.5) is 27.9 Å². The molecule has 2 aromatic rings. The minimum absolute atomic E-state index is 0.0687. The molecule has 2 N–H and O–H groups in total. The molecule has 1 aliphatic carbocycles. The van der Waals surface area contributed by atoms with Crippen LogP contribution in [0.15, 0.2) is 24.4 Å². The van der Waals surface area contributed by atoms with E-state index in [2.05, 4.69) is 33.6 Å². The minimum atomic E-state index is -0.281. The van der Waals surface area contributed by atoms with Gasteiger partial charge in [0.2, 0.25) is 5.95 Å². The lowest BCUT2D eigenvalue weighted by molar-refractivity contribution is 0.0916. The molecule has 0 unspecified atom stereocenters. The zero-order chi connectivity index (χ0) is 27.5. The Morgan fingerprint density at radius 3 is 2.62 bits per heavy atom. The van der Waals surface area contributed by atoms with E-state index >= 15 is 0 Å². The molecule has 0 atom stereocenters. The Labute approximate surface area is 228 Å². The van der Waals surface area contributed by atoms with E-state index < -0.39 is 0 Å². The van der Waals surface area contributed by atoms with Crippen molar-refractivity contribution in [1.29, 1.82) is 5.26 Å². The smallest absolute Gasteiger partial charge is 0.344 e. The number of aromatic nitrogens is 2. The summed E-state index contributed by atoms with van der Waals surface area (Å²) in [6.07, 6.45) is 7.43. The predicted molar refractivity (Wildman–Crippen MR) is 147 cm³/mol. The number of nitrogens with one attached hydrogen (secondary N) is 2. The van der Waals surface area contributed by atoms with E-state index in [0.717, 1.165) is 51.6 Å². The van der Waals surface area contributed by atoms with Crippen molar-refractivity contribution in [2.45, 2.75) is 50.6 Å². The first-order valence-electron chi connectivity index (χ1n) is 13.4. The van der Waals surface area contributed by atoms with Gasteiger partial charge in [0.05, 0.1) is 31.1 Å². The molecule has 0 radical (unpaired) electrons. The summed E-state index contributed by atoms with van der Waals surface area (Å²) < 4.78 is 5.60. The Bertz CT molecular complexity index is 1270. The number of urea groups is 1. The Balaban J connectivity index is 1.39. The number of hydrogen-bond donors (Lipinski definition) is 2. The molecule has 2 fully saturated rings. The molecule has 39 heavy (non-hydrogen) atoms. The Hall–Kier alpha value is -4.11. The zero-order valence-electron chi connectivity index (χ0n) is 22.7. The maximum Gasteiger partial charge on any atom is 0.344 e. The number of hydrogen-bond acceptors (Lipinski definition) is 9. The summed E-state index contributed by atoms with van der Waals surface area (Å²) in [5.74, 6) is 1.25. The maximum atomic E-state index is 13.1. The number of nitriles is 1. The van der Waals surface area contributed by atoms with Crippen LogP contribution in [0.5, 0.6) is 5.75 Å². The van der Waals surface area contributed by atoms with Crippen LogP contribution in [0.2, 0.25) is 0 Å². The van der Waals surface area contributed by atoms with E-state index in [-0.39, 0.29) is 30.6 Å². The van der Waals surface area contributed by atoms with Crippen molar-refractivity contribution in [2.75, 3.05) is 56.1 Å². The van der Waals surface area contributed by atoms with Gasteiger partial charge in [-0.2, -0.15) is 10.2 Å². The van der Waals surface area contributed by atoms with Crippen molar-refractivity contribution in [3.8, 4) is 11.8 Å². The second-order valence-electron chi connectivity index (χ2n) is 10.3. The molecule has 3 heterocycles. The highest BCUT2D eigenvalue weighted by Crippen LogP contribution is 2.39. The summed E-state index contributed by atoms with van der Waals surface area (Å²) >= 11 is 0.